The highest BCUT2D eigenvalue weighted by Gasteiger charge is 2.35. The van der Waals surface area contributed by atoms with E-state index in [2.05, 4.69) is 15.3 Å². The topological polar surface area (TPSA) is 114 Å². The minimum atomic E-state index is -3.33. The lowest BCUT2D eigenvalue weighted by atomic mass is 10.1. The number of aliphatic hydroxyl groups excluding tert-OH is 1. The van der Waals surface area contributed by atoms with Crippen LogP contribution < -0.4 is 5.32 Å². The molecule has 196 valence electrons. The first-order chi connectivity index (χ1) is 16.7. The minimum Gasteiger partial charge on any atom is -0.390 e. The lowest BCUT2D eigenvalue weighted by Crippen LogP contribution is -2.46. The number of nitrogens with zero attached hydrogens (tertiary/aromatic N) is 4. The number of morpholine rings is 1. The molecular formula is C22H32ClF2N5O4S. The van der Waals surface area contributed by atoms with Crippen molar-refractivity contribution in [3.8, 4) is 0 Å². The summed E-state index contributed by atoms with van der Waals surface area (Å²) in [6, 6.07) is 5.76. The van der Waals surface area contributed by atoms with Gasteiger partial charge in [0.15, 0.2) is 0 Å². The monoisotopic (exact) mass is 535 g/mol. The van der Waals surface area contributed by atoms with Gasteiger partial charge < -0.3 is 15.2 Å². The number of ether oxygens (including phenoxy) is 1. The Labute approximate surface area is 210 Å². The highest BCUT2D eigenvalue weighted by molar-refractivity contribution is 8.20. The number of aromatic nitrogens is 2. The Kier molecular flexibility index (Phi) is 9.63. The SMILES string of the molecule is CC.OCC(F)(F)c1cccc(CNc2nc(Cl)nc3c2CN(S(O)(O)N2CCOCC2)CC3)c1. The van der Waals surface area contributed by atoms with Crippen LogP contribution in [-0.4, -0.2) is 72.2 Å². The van der Waals surface area contributed by atoms with Crippen molar-refractivity contribution in [2.24, 2.45) is 0 Å². The van der Waals surface area contributed by atoms with Crippen molar-refractivity contribution >= 4 is 28.4 Å². The third-order valence-corrected chi connectivity index (χ3v) is 7.90. The van der Waals surface area contributed by atoms with Gasteiger partial charge in [-0.05, 0) is 23.2 Å². The number of hydrogen-bond acceptors (Lipinski definition) is 9. The molecule has 0 bridgehead atoms. The minimum absolute atomic E-state index is 0.0463. The first kappa shape index (κ1) is 27.9. The first-order valence-electron chi connectivity index (χ1n) is 11.4. The third kappa shape index (κ3) is 6.57. The summed E-state index contributed by atoms with van der Waals surface area (Å²) in [4.78, 5) is 8.55. The fourth-order valence-corrected chi connectivity index (χ4v) is 5.65. The smallest absolute Gasteiger partial charge is 0.295 e. The Balaban J connectivity index is 0.00000167. The van der Waals surface area contributed by atoms with Crippen molar-refractivity contribution in [2.45, 2.75) is 39.3 Å². The van der Waals surface area contributed by atoms with E-state index in [1.54, 1.807) is 14.7 Å². The van der Waals surface area contributed by atoms with Crippen LogP contribution in [0.25, 0.3) is 0 Å². The predicted octanol–water partition coefficient (Wildman–Crippen LogP) is 4.12. The standard InChI is InChI=1S/C20H26ClF2N5O4S.C2H6/c21-19-25-17-4-5-28(33(30,31)27-6-8-32-9-7-27)12-16(17)18(26-19)24-11-14-2-1-3-15(10-14)20(22,23)13-29;1-2/h1-3,10,29-31H,4-9,11-13H2,(H,24,25,26);1-2H3. The van der Waals surface area contributed by atoms with Crippen molar-refractivity contribution in [1.29, 1.82) is 0 Å². The van der Waals surface area contributed by atoms with Crippen LogP contribution >= 0.6 is 22.6 Å². The van der Waals surface area contributed by atoms with Gasteiger partial charge in [-0.15, -0.1) is 0 Å². The molecule has 35 heavy (non-hydrogen) atoms. The van der Waals surface area contributed by atoms with Crippen molar-refractivity contribution in [1.82, 2.24) is 18.6 Å². The molecule has 4 N–H and O–H groups in total. The largest absolute Gasteiger partial charge is 0.390 e. The van der Waals surface area contributed by atoms with Gasteiger partial charge in [-0.3, -0.25) is 9.11 Å². The van der Waals surface area contributed by atoms with Crippen LogP contribution in [0.2, 0.25) is 5.28 Å². The quantitative estimate of drug-likeness (QED) is 0.389. The number of anilines is 1. The third-order valence-electron chi connectivity index (χ3n) is 5.67. The summed E-state index contributed by atoms with van der Waals surface area (Å²) >= 11 is 6.10. The molecule has 1 aromatic carbocycles. The van der Waals surface area contributed by atoms with Crippen LogP contribution in [0.4, 0.5) is 14.6 Å². The van der Waals surface area contributed by atoms with Crippen LogP contribution in [0.1, 0.15) is 36.2 Å². The number of nitrogens with one attached hydrogen (secondary N) is 1. The van der Waals surface area contributed by atoms with Crippen molar-refractivity contribution < 1.29 is 27.7 Å². The van der Waals surface area contributed by atoms with Gasteiger partial charge >= 0.3 is 0 Å². The van der Waals surface area contributed by atoms with E-state index in [1.807, 2.05) is 13.8 Å². The van der Waals surface area contributed by atoms with Gasteiger partial charge in [0, 0.05) is 50.3 Å². The molecule has 1 saturated heterocycles. The molecule has 0 radical (unpaired) electrons. The fourth-order valence-electron chi connectivity index (χ4n) is 3.86. The Morgan fingerprint density at radius 2 is 1.86 bits per heavy atom. The van der Waals surface area contributed by atoms with Gasteiger partial charge in [-0.25, -0.2) is 9.97 Å². The van der Waals surface area contributed by atoms with E-state index in [0.29, 0.717) is 61.9 Å². The second-order valence-electron chi connectivity index (χ2n) is 7.83. The molecule has 9 nitrogen and oxygen atoms in total. The van der Waals surface area contributed by atoms with Gasteiger partial charge in [-0.1, -0.05) is 43.0 Å². The molecule has 1 aromatic heterocycles. The van der Waals surface area contributed by atoms with E-state index in [0.717, 1.165) is 0 Å². The zero-order valence-corrected chi connectivity index (χ0v) is 21.3. The number of halogens is 3. The Morgan fingerprint density at radius 3 is 2.54 bits per heavy atom. The van der Waals surface area contributed by atoms with E-state index in [9.17, 15) is 17.9 Å². The van der Waals surface area contributed by atoms with Gasteiger partial charge in [0.05, 0.1) is 18.9 Å². The second kappa shape index (κ2) is 12.1. The van der Waals surface area contributed by atoms with Crippen LogP contribution in [0, 0.1) is 0 Å². The van der Waals surface area contributed by atoms with Gasteiger partial charge in [0.1, 0.15) is 12.4 Å². The molecule has 2 aromatic rings. The summed E-state index contributed by atoms with van der Waals surface area (Å²) < 4.78 is 58.1. The second-order valence-corrected chi connectivity index (χ2v) is 10.2. The van der Waals surface area contributed by atoms with Gasteiger partial charge in [0.2, 0.25) is 5.28 Å². The van der Waals surface area contributed by atoms with Gasteiger partial charge in [0.25, 0.3) is 5.92 Å². The van der Waals surface area contributed by atoms with E-state index in [1.165, 1.54) is 18.2 Å². The van der Waals surface area contributed by atoms with Gasteiger partial charge in [-0.2, -0.15) is 17.4 Å². The fraction of sp³-hybridized carbons (Fsp3) is 0.545. The predicted molar refractivity (Wildman–Crippen MR) is 132 cm³/mol. The molecule has 1 fully saturated rings. The number of aliphatic hydroxyl groups is 1. The molecule has 0 spiro atoms. The lowest BCUT2D eigenvalue weighted by Gasteiger charge is -2.51. The van der Waals surface area contributed by atoms with Crippen LogP contribution in [0.15, 0.2) is 24.3 Å². The van der Waals surface area contributed by atoms with E-state index < -0.39 is 23.5 Å². The van der Waals surface area contributed by atoms with E-state index in [-0.39, 0.29) is 23.9 Å². The summed E-state index contributed by atoms with van der Waals surface area (Å²) in [7, 11) is -3.18. The zero-order chi connectivity index (χ0) is 25.6. The highest BCUT2D eigenvalue weighted by Crippen LogP contribution is 2.49. The molecule has 0 amide bonds. The number of hydrogen-bond donors (Lipinski definition) is 4. The van der Waals surface area contributed by atoms with Crippen molar-refractivity contribution in [3.05, 3.63) is 51.9 Å². The number of benzene rings is 1. The Morgan fingerprint density at radius 1 is 1.14 bits per heavy atom. The maximum atomic E-state index is 13.8. The molecular weight excluding hydrogens is 504 g/mol. The molecule has 0 aliphatic carbocycles. The molecule has 13 heteroatoms. The highest BCUT2D eigenvalue weighted by atomic mass is 35.5. The summed E-state index contributed by atoms with van der Waals surface area (Å²) in [5, 5.41) is 12.1. The van der Waals surface area contributed by atoms with Crippen molar-refractivity contribution in [2.75, 3.05) is 44.8 Å². The number of alkyl halides is 2. The molecule has 0 unspecified atom stereocenters. The molecule has 0 saturated carbocycles. The summed E-state index contributed by atoms with van der Waals surface area (Å²) in [6.45, 7) is 5.18. The van der Waals surface area contributed by atoms with E-state index in [4.69, 9.17) is 21.4 Å². The lowest BCUT2D eigenvalue weighted by molar-refractivity contribution is -0.0556. The Bertz CT molecular complexity index is 998. The zero-order valence-electron chi connectivity index (χ0n) is 19.8. The maximum Gasteiger partial charge on any atom is 0.295 e. The number of fused-ring (bicyclic) bond motifs is 1. The summed E-state index contributed by atoms with van der Waals surface area (Å²) in [5.74, 6) is -2.92. The average molecular weight is 536 g/mol. The van der Waals surface area contributed by atoms with E-state index >= 15 is 0 Å². The van der Waals surface area contributed by atoms with Crippen LogP contribution in [0.5, 0.6) is 0 Å². The Hall–Kier alpha value is -1.64. The summed E-state index contributed by atoms with van der Waals surface area (Å²) in [5.41, 5.74) is 1.66. The maximum absolute atomic E-state index is 13.8. The summed E-state index contributed by atoms with van der Waals surface area (Å²) in [6.07, 6.45) is 0.449. The molecule has 3 heterocycles. The molecule has 2 aliphatic heterocycles. The van der Waals surface area contributed by atoms with Crippen LogP contribution in [0.3, 0.4) is 0 Å². The first-order valence-corrected chi connectivity index (χ1v) is 13.3. The average Bonchev–Trinajstić information content (AvgIpc) is 2.88. The van der Waals surface area contributed by atoms with Crippen molar-refractivity contribution in [3.63, 3.8) is 0 Å². The molecule has 0 atom stereocenters. The molecule has 2 aliphatic rings. The molecule has 4 rings (SSSR count). The number of rotatable bonds is 7. The normalized spacial score (nSPS) is 17.8. The van der Waals surface area contributed by atoms with Crippen LogP contribution in [-0.2, 0) is 30.2 Å².